The second-order valence-electron chi connectivity index (χ2n) is 9.98. The van der Waals surface area contributed by atoms with Crippen LogP contribution in [0.4, 0.5) is 11.5 Å². The van der Waals surface area contributed by atoms with Gasteiger partial charge in [0.15, 0.2) is 5.82 Å². The number of halogens is 1. The summed E-state index contributed by atoms with van der Waals surface area (Å²) in [7, 11) is 1.82. The van der Waals surface area contributed by atoms with Gasteiger partial charge in [-0.1, -0.05) is 18.2 Å². The number of aryl methyl sites for hydroxylation is 1. The minimum absolute atomic E-state index is 0.0209. The number of carbonyl (C=O) groups excluding carboxylic acids is 2. The zero-order valence-corrected chi connectivity index (χ0v) is 21.6. The molecule has 0 N–H and O–H groups in total. The molecule has 1 atom stereocenters. The van der Waals surface area contributed by atoms with E-state index in [9.17, 15) is 9.59 Å². The third kappa shape index (κ3) is 2.95. The quantitative estimate of drug-likeness (QED) is 0.343. The predicted molar refractivity (Wildman–Crippen MR) is 137 cm³/mol. The maximum absolute atomic E-state index is 14.0. The van der Waals surface area contributed by atoms with Crippen LogP contribution in [0.15, 0.2) is 35.0 Å². The third-order valence-corrected chi connectivity index (χ3v) is 9.39. The van der Waals surface area contributed by atoms with Gasteiger partial charge in [0, 0.05) is 31.4 Å². The molecule has 176 valence electrons. The number of amides is 2. The lowest BCUT2D eigenvalue weighted by atomic mass is 9.75. The van der Waals surface area contributed by atoms with Crippen molar-refractivity contribution in [2.75, 3.05) is 28.2 Å². The van der Waals surface area contributed by atoms with Gasteiger partial charge in [-0.3, -0.25) is 12.7 Å². The first-order valence-corrected chi connectivity index (χ1v) is 12.6. The molecule has 1 saturated heterocycles. The summed E-state index contributed by atoms with van der Waals surface area (Å²) < 4.78 is 8.06. The third-order valence-electron chi connectivity index (χ3n) is 7.77. The number of hydrogen-bond acceptors (Lipinski definition) is 6. The number of piperidine rings is 1. The number of rotatable bonds is 3. The van der Waals surface area contributed by atoms with Gasteiger partial charge in [0.25, 0.3) is 5.91 Å². The van der Waals surface area contributed by atoms with E-state index in [0.717, 1.165) is 36.9 Å². The van der Waals surface area contributed by atoms with Gasteiger partial charge in [-0.25, -0.2) is 9.97 Å². The number of para-hydroxylation sites is 1. The number of carbonyl (C=O) groups is 2. The molecule has 1 saturated carbocycles. The highest BCUT2D eigenvalue weighted by Crippen LogP contribution is 2.49. The maximum Gasteiger partial charge on any atom is 0.258 e. The molecule has 9 heteroatoms. The van der Waals surface area contributed by atoms with Gasteiger partial charge in [0.1, 0.15) is 12.1 Å². The fourth-order valence-electron chi connectivity index (χ4n) is 5.57. The fraction of sp³-hybridized carbons (Fsp3) is 0.440. The van der Waals surface area contributed by atoms with Gasteiger partial charge in [-0.15, -0.1) is 0 Å². The van der Waals surface area contributed by atoms with E-state index in [0.29, 0.717) is 41.3 Å². The first-order chi connectivity index (χ1) is 16.3. The van der Waals surface area contributed by atoms with Crippen molar-refractivity contribution in [3.63, 3.8) is 0 Å². The molecule has 3 aliphatic rings. The average Bonchev–Trinajstić information content (AvgIpc) is 3.47. The highest BCUT2D eigenvalue weighted by Gasteiger charge is 2.52. The smallest absolute Gasteiger partial charge is 0.258 e. The first kappa shape index (κ1) is 21.8. The molecule has 2 amide bonds. The van der Waals surface area contributed by atoms with E-state index in [1.807, 2.05) is 36.2 Å². The molecule has 1 aliphatic carbocycles. The molecule has 3 aromatic rings. The average molecular weight is 571 g/mol. The van der Waals surface area contributed by atoms with Crippen molar-refractivity contribution >= 4 is 57.3 Å². The van der Waals surface area contributed by atoms with Gasteiger partial charge in [-0.05, 0) is 51.2 Å². The van der Waals surface area contributed by atoms with Gasteiger partial charge in [-0.2, -0.15) is 0 Å². The SMILES string of the molecule is Cc1oc2ncnc(N(I)C3(C)CC3)c2c1C(=O)N1CCCC2(C1)C(=O)N(C)c1ccccc12. The summed E-state index contributed by atoms with van der Waals surface area (Å²) in [6.07, 6.45) is 5.13. The van der Waals surface area contributed by atoms with E-state index in [2.05, 4.69) is 42.9 Å². The second kappa shape index (κ2) is 7.40. The number of nitrogens with zero attached hydrogens (tertiary/aromatic N) is 5. The Bertz CT molecular complexity index is 1350. The van der Waals surface area contributed by atoms with Crippen LogP contribution < -0.4 is 8.01 Å². The van der Waals surface area contributed by atoms with Gasteiger partial charge in [0.2, 0.25) is 11.6 Å². The molecule has 2 aromatic heterocycles. The summed E-state index contributed by atoms with van der Waals surface area (Å²) in [5, 5.41) is 0.655. The number of hydrogen-bond donors (Lipinski definition) is 0. The standard InChI is InChI=1S/C25H26IN5O3/c1-15-18(19-20(27-14-28-21(19)34-15)31(26)24(2)10-11-24)22(32)30-12-6-9-25(13-30)16-7-4-5-8-17(16)29(3)23(25)33/h4-5,7-8,14H,6,9-13H2,1-3H3. The lowest BCUT2D eigenvalue weighted by Crippen LogP contribution is -2.53. The van der Waals surface area contributed by atoms with Crippen LogP contribution >= 0.6 is 22.9 Å². The highest BCUT2D eigenvalue weighted by molar-refractivity contribution is 14.1. The Morgan fingerprint density at radius 3 is 2.74 bits per heavy atom. The molecule has 34 heavy (non-hydrogen) atoms. The highest BCUT2D eigenvalue weighted by atomic mass is 127. The van der Waals surface area contributed by atoms with Crippen LogP contribution in [0.1, 0.15) is 54.3 Å². The van der Waals surface area contributed by atoms with Crippen LogP contribution in [-0.4, -0.2) is 52.4 Å². The Labute approximate surface area is 211 Å². The van der Waals surface area contributed by atoms with Crippen LogP contribution in [0, 0.1) is 6.92 Å². The molecule has 1 unspecified atom stereocenters. The predicted octanol–water partition coefficient (Wildman–Crippen LogP) is 4.39. The number of anilines is 2. The summed E-state index contributed by atoms with van der Waals surface area (Å²) in [6.45, 7) is 4.95. The van der Waals surface area contributed by atoms with Crippen molar-refractivity contribution in [3.05, 3.63) is 47.5 Å². The van der Waals surface area contributed by atoms with E-state index in [4.69, 9.17) is 4.42 Å². The van der Waals surface area contributed by atoms with Gasteiger partial charge < -0.3 is 14.2 Å². The minimum Gasteiger partial charge on any atom is -0.442 e. The van der Waals surface area contributed by atoms with Gasteiger partial charge >= 0.3 is 0 Å². The number of aromatic nitrogens is 2. The topological polar surface area (TPSA) is 82.8 Å². The summed E-state index contributed by atoms with van der Waals surface area (Å²) in [5.41, 5.74) is 2.18. The molecular weight excluding hydrogens is 545 g/mol. The Morgan fingerprint density at radius 1 is 1.21 bits per heavy atom. The van der Waals surface area contributed by atoms with Crippen LogP contribution in [0.3, 0.4) is 0 Å². The molecule has 6 rings (SSSR count). The van der Waals surface area contributed by atoms with Crippen LogP contribution in [0.2, 0.25) is 0 Å². The molecule has 2 fully saturated rings. The van der Waals surface area contributed by atoms with E-state index in [-0.39, 0.29) is 17.4 Å². The van der Waals surface area contributed by atoms with Crippen molar-refractivity contribution in [3.8, 4) is 0 Å². The molecule has 0 radical (unpaired) electrons. The Kier molecular flexibility index (Phi) is 4.75. The van der Waals surface area contributed by atoms with E-state index in [1.54, 1.807) is 11.8 Å². The number of furan rings is 1. The van der Waals surface area contributed by atoms with Crippen LogP contribution in [0.25, 0.3) is 11.1 Å². The summed E-state index contributed by atoms with van der Waals surface area (Å²) >= 11 is 2.29. The van der Waals surface area contributed by atoms with Crippen molar-refractivity contribution in [2.24, 2.45) is 0 Å². The summed E-state index contributed by atoms with van der Waals surface area (Å²) in [5.74, 6) is 1.17. The number of likely N-dealkylation sites (N-methyl/N-ethyl adjacent to an activating group) is 1. The van der Waals surface area contributed by atoms with E-state index in [1.165, 1.54) is 6.33 Å². The zero-order chi connectivity index (χ0) is 23.8. The summed E-state index contributed by atoms with van der Waals surface area (Å²) in [6, 6.07) is 7.93. The monoisotopic (exact) mass is 571 g/mol. The van der Waals surface area contributed by atoms with E-state index < -0.39 is 5.41 Å². The van der Waals surface area contributed by atoms with Crippen molar-refractivity contribution in [2.45, 2.75) is 50.5 Å². The second-order valence-corrected chi connectivity index (χ2v) is 10.9. The van der Waals surface area contributed by atoms with Crippen molar-refractivity contribution < 1.29 is 14.0 Å². The fourth-order valence-corrected chi connectivity index (χ4v) is 6.41. The number of benzene rings is 1. The van der Waals surface area contributed by atoms with Crippen LogP contribution in [0.5, 0.6) is 0 Å². The Balaban J connectivity index is 1.42. The molecule has 1 aromatic carbocycles. The molecule has 4 heterocycles. The zero-order valence-electron chi connectivity index (χ0n) is 19.5. The largest absolute Gasteiger partial charge is 0.442 e. The van der Waals surface area contributed by atoms with Crippen LogP contribution in [-0.2, 0) is 10.2 Å². The van der Waals surface area contributed by atoms with Crippen molar-refractivity contribution in [1.29, 1.82) is 0 Å². The first-order valence-electron chi connectivity index (χ1n) is 11.6. The maximum atomic E-state index is 14.0. The molecule has 8 nitrogen and oxygen atoms in total. The van der Waals surface area contributed by atoms with E-state index >= 15 is 0 Å². The molecular formula is C25H26IN5O3. The molecule has 0 bridgehead atoms. The minimum atomic E-state index is -0.706. The molecule has 2 aliphatic heterocycles. The van der Waals surface area contributed by atoms with Gasteiger partial charge in [0.05, 0.1) is 39.2 Å². The number of fused-ring (bicyclic) bond motifs is 3. The molecule has 1 spiro atoms. The lowest BCUT2D eigenvalue weighted by Gasteiger charge is -2.39. The lowest BCUT2D eigenvalue weighted by molar-refractivity contribution is -0.124. The Hall–Kier alpha value is -2.69. The summed E-state index contributed by atoms with van der Waals surface area (Å²) in [4.78, 5) is 39.9. The number of likely N-dealkylation sites (tertiary alicyclic amines) is 1. The Morgan fingerprint density at radius 2 is 1.97 bits per heavy atom. The normalized spacial score (nSPS) is 23.0. The van der Waals surface area contributed by atoms with Crippen molar-refractivity contribution in [1.82, 2.24) is 14.9 Å².